The van der Waals surface area contributed by atoms with Crippen LogP contribution in [0.4, 0.5) is 4.39 Å². The maximum Gasteiger partial charge on any atom is 0.248 e. The predicted octanol–water partition coefficient (Wildman–Crippen LogP) is 2.75. The van der Waals surface area contributed by atoms with Crippen molar-refractivity contribution in [1.82, 2.24) is 19.1 Å². The third kappa shape index (κ3) is 2.47. The molecule has 9 heteroatoms. The lowest BCUT2D eigenvalue weighted by Crippen LogP contribution is -2.36. The number of sulfonamides is 1. The first-order valence-corrected chi connectivity index (χ1v) is 9.59. The molecule has 0 spiro atoms. The van der Waals surface area contributed by atoms with E-state index in [2.05, 4.69) is 10.1 Å². The van der Waals surface area contributed by atoms with Gasteiger partial charge in [-0.2, -0.15) is 9.40 Å². The lowest BCUT2D eigenvalue weighted by atomic mass is 10.1. The van der Waals surface area contributed by atoms with Gasteiger partial charge < -0.3 is 4.98 Å². The van der Waals surface area contributed by atoms with Gasteiger partial charge in [-0.15, -0.1) is 0 Å². The van der Waals surface area contributed by atoms with Gasteiger partial charge in [0, 0.05) is 43.2 Å². The van der Waals surface area contributed by atoms with Crippen LogP contribution in [0.25, 0.3) is 10.9 Å². The molecule has 25 heavy (non-hydrogen) atoms. The third-order valence-corrected chi connectivity index (χ3v) is 7.14. The van der Waals surface area contributed by atoms with Crippen molar-refractivity contribution in [2.45, 2.75) is 24.8 Å². The van der Waals surface area contributed by atoms with E-state index in [9.17, 15) is 12.8 Å². The van der Waals surface area contributed by atoms with Crippen molar-refractivity contribution in [1.29, 1.82) is 0 Å². The van der Waals surface area contributed by atoms with Crippen LogP contribution in [0.1, 0.15) is 17.0 Å². The summed E-state index contributed by atoms with van der Waals surface area (Å²) in [6.45, 7) is 2.12. The highest BCUT2D eigenvalue weighted by molar-refractivity contribution is 7.89. The van der Waals surface area contributed by atoms with Crippen molar-refractivity contribution in [2.24, 2.45) is 7.05 Å². The lowest BCUT2D eigenvalue weighted by molar-refractivity contribution is 0.391. The first-order valence-electron chi connectivity index (χ1n) is 7.77. The van der Waals surface area contributed by atoms with Gasteiger partial charge >= 0.3 is 0 Å². The van der Waals surface area contributed by atoms with E-state index in [4.69, 9.17) is 11.6 Å². The van der Waals surface area contributed by atoms with Crippen LogP contribution >= 0.6 is 11.6 Å². The molecule has 6 nitrogen and oxygen atoms in total. The monoisotopic (exact) mass is 382 g/mol. The van der Waals surface area contributed by atoms with Crippen LogP contribution in [0.5, 0.6) is 0 Å². The minimum absolute atomic E-state index is 0.0335. The zero-order valence-electron chi connectivity index (χ0n) is 13.7. The molecule has 1 aliphatic heterocycles. The Bertz CT molecular complexity index is 1100. The minimum atomic E-state index is -3.79. The summed E-state index contributed by atoms with van der Waals surface area (Å²) in [6, 6.07) is 4.49. The fraction of sp³-hybridized carbons (Fsp3) is 0.312. The third-order valence-electron chi connectivity index (χ3n) is 4.60. The molecule has 3 aromatic rings. The molecule has 0 bridgehead atoms. The number of benzene rings is 1. The number of H-pyrrole nitrogens is 1. The molecule has 0 radical (unpaired) electrons. The van der Waals surface area contributed by atoms with Crippen molar-refractivity contribution < 1.29 is 12.8 Å². The van der Waals surface area contributed by atoms with Gasteiger partial charge in [0.15, 0.2) is 0 Å². The van der Waals surface area contributed by atoms with Crippen LogP contribution in [0, 0.1) is 12.7 Å². The van der Waals surface area contributed by atoms with E-state index in [0.717, 1.165) is 16.8 Å². The molecule has 0 saturated carbocycles. The molecular weight excluding hydrogens is 367 g/mol. The fourth-order valence-electron chi connectivity index (χ4n) is 3.40. The predicted molar refractivity (Wildman–Crippen MR) is 92.5 cm³/mol. The molecule has 3 heterocycles. The minimum Gasteiger partial charge on any atom is -0.358 e. The zero-order valence-corrected chi connectivity index (χ0v) is 15.2. The highest BCUT2D eigenvalue weighted by Gasteiger charge is 2.34. The number of nitrogens with zero attached hydrogens (tertiary/aromatic N) is 3. The van der Waals surface area contributed by atoms with E-state index < -0.39 is 10.0 Å². The quantitative estimate of drug-likeness (QED) is 0.740. The SMILES string of the molecule is Cc1nn(C)c(Cl)c1S(=O)(=O)N1CCc2[nH]c3ccc(F)cc3c2C1. The van der Waals surface area contributed by atoms with E-state index in [-0.39, 0.29) is 22.4 Å². The molecule has 0 unspecified atom stereocenters. The average molecular weight is 383 g/mol. The van der Waals surface area contributed by atoms with Crippen molar-refractivity contribution in [2.75, 3.05) is 6.54 Å². The summed E-state index contributed by atoms with van der Waals surface area (Å²) in [5, 5.41) is 4.89. The number of rotatable bonds is 2. The molecular formula is C16H16ClFN4O2S. The Morgan fingerprint density at radius 3 is 2.80 bits per heavy atom. The van der Waals surface area contributed by atoms with Gasteiger partial charge in [-0.1, -0.05) is 11.6 Å². The smallest absolute Gasteiger partial charge is 0.248 e. The number of halogens is 2. The normalized spacial score (nSPS) is 15.7. The van der Waals surface area contributed by atoms with Crippen LogP contribution < -0.4 is 0 Å². The van der Waals surface area contributed by atoms with Crippen molar-refractivity contribution in [3.8, 4) is 0 Å². The molecule has 0 atom stereocenters. The summed E-state index contributed by atoms with van der Waals surface area (Å²) in [6.07, 6.45) is 0.530. The summed E-state index contributed by atoms with van der Waals surface area (Å²) in [5.41, 5.74) is 2.92. The number of nitrogens with one attached hydrogen (secondary N) is 1. The molecule has 0 aliphatic carbocycles. The number of hydrogen-bond donors (Lipinski definition) is 1. The second kappa shape index (κ2) is 5.55. The first-order chi connectivity index (χ1) is 11.8. The van der Waals surface area contributed by atoms with Crippen LogP contribution in [-0.4, -0.2) is 34.0 Å². The lowest BCUT2D eigenvalue weighted by Gasteiger charge is -2.26. The Morgan fingerprint density at radius 1 is 1.36 bits per heavy atom. The van der Waals surface area contributed by atoms with Gasteiger partial charge in [-0.25, -0.2) is 12.8 Å². The average Bonchev–Trinajstić information content (AvgIpc) is 3.03. The second-order valence-electron chi connectivity index (χ2n) is 6.19. The van der Waals surface area contributed by atoms with Crippen molar-refractivity contribution >= 4 is 32.5 Å². The van der Waals surface area contributed by atoms with Gasteiger partial charge in [0.2, 0.25) is 10.0 Å². The Morgan fingerprint density at radius 2 is 2.12 bits per heavy atom. The van der Waals surface area contributed by atoms with Crippen LogP contribution in [0.2, 0.25) is 5.15 Å². The van der Waals surface area contributed by atoms with Crippen molar-refractivity contribution in [3.05, 3.63) is 46.1 Å². The van der Waals surface area contributed by atoms with Gasteiger partial charge in [0.1, 0.15) is 15.9 Å². The summed E-state index contributed by atoms with van der Waals surface area (Å²) in [7, 11) is -2.19. The summed E-state index contributed by atoms with van der Waals surface area (Å²) in [5.74, 6) is -0.347. The van der Waals surface area contributed by atoms with E-state index in [1.165, 1.54) is 21.1 Å². The second-order valence-corrected chi connectivity index (χ2v) is 8.42. The maximum absolute atomic E-state index is 13.6. The van der Waals surface area contributed by atoms with Crippen LogP contribution in [-0.2, 0) is 30.0 Å². The largest absolute Gasteiger partial charge is 0.358 e. The van der Waals surface area contributed by atoms with E-state index in [1.807, 2.05) is 0 Å². The number of fused-ring (bicyclic) bond motifs is 3. The summed E-state index contributed by atoms with van der Waals surface area (Å²) in [4.78, 5) is 3.28. The standard InChI is InChI=1S/C16H16ClFN4O2S/c1-9-15(16(17)21(2)20-9)25(23,24)22-6-5-14-12(8-22)11-7-10(18)3-4-13(11)19-14/h3-4,7,19H,5-6,8H2,1-2H3. The molecule has 1 N–H and O–H groups in total. The number of aryl methyl sites for hydroxylation is 2. The Balaban J connectivity index is 1.79. The first kappa shape index (κ1) is 16.6. The number of hydrogen-bond acceptors (Lipinski definition) is 3. The van der Waals surface area contributed by atoms with E-state index >= 15 is 0 Å². The van der Waals surface area contributed by atoms with Crippen LogP contribution in [0.3, 0.4) is 0 Å². The van der Waals surface area contributed by atoms with Gasteiger partial charge in [0.25, 0.3) is 0 Å². The molecule has 2 aromatic heterocycles. The highest BCUT2D eigenvalue weighted by atomic mass is 35.5. The van der Waals surface area contributed by atoms with Gasteiger partial charge in [-0.3, -0.25) is 4.68 Å². The number of aromatic nitrogens is 3. The molecule has 0 amide bonds. The van der Waals surface area contributed by atoms with E-state index in [1.54, 1.807) is 20.0 Å². The molecule has 1 aromatic carbocycles. The highest BCUT2D eigenvalue weighted by Crippen LogP contribution is 2.33. The molecule has 0 fully saturated rings. The Hall–Kier alpha value is -1.90. The van der Waals surface area contributed by atoms with Gasteiger partial charge in [0.05, 0.1) is 5.69 Å². The fourth-order valence-corrected chi connectivity index (χ4v) is 5.51. The Labute approximate surface area is 149 Å². The topological polar surface area (TPSA) is 71.0 Å². The maximum atomic E-state index is 13.6. The summed E-state index contributed by atoms with van der Waals surface area (Å²) >= 11 is 6.15. The van der Waals surface area contributed by atoms with Gasteiger partial charge in [-0.05, 0) is 30.7 Å². The van der Waals surface area contributed by atoms with E-state index in [0.29, 0.717) is 24.0 Å². The molecule has 4 rings (SSSR count). The molecule has 0 saturated heterocycles. The summed E-state index contributed by atoms with van der Waals surface area (Å²) < 4.78 is 42.5. The molecule has 1 aliphatic rings. The van der Waals surface area contributed by atoms with Crippen molar-refractivity contribution in [3.63, 3.8) is 0 Å². The molecule has 132 valence electrons. The number of aromatic amines is 1. The Kier molecular flexibility index (Phi) is 3.68. The van der Waals surface area contributed by atoms with Crippen LogP contribution in [0.15, 0.2) is 23.1 Å². The zero-order chi connectivity index (χ0) is 17.9.